The Labute approximate surface area is 76.3 Å². The third kappa shape index (κ3) is 2.23. The monoisotopic (exact) mass is 183 g/mol. The quantitative estimate of drug-likeness (QED) is 0.542. The van der Waals surface area contributed by atoms with Crippen molar-refractivity contribution in [2.75, 3.05) is 11.9 Å². The summed E-state index contributed by atoms with van der Waals surface area (Å²) in [6.45, 7) is 4.70. The molecule has 0 radical (unpaired) electrons. The van der Waals surface area contributed by atoms with E-state index in [0.29, 0.717) is 12.5 Å². The number of nitrogens with one attached hydrogen (secondary N) is 1. The van der Waals surface area contributed by atoms with Crippen LogP contribution in [0.15, 0.2) is 15.8 Å². The van der Waals surface area contributed by atoms with Crippen molar-refractivity contribution in [2.24, 2.45) is 10.7 Å². The second-order valence-corrected chi connectivity index (χ2v) is 3.20. The van der Waals surface area contributed by atoms with E-state index in [0.717, 1.165) is 5.69 Å². The Morgan fingerprint density at radius 1 is 1.67 bits per heavy atom. The summed E-state index contributed by atoms with van der Waals surface area (Å²) < 4.78 is 0. The molecule has 0 unspecified atom stereocenters. The van der Waals surface area contributed by atoms with Crippen LogP contribution in [0.4, 0.5) is 5.69 Å². The van der Waals surface area contributed by atoms with Crippen molar-refractivity contribution in [3.8, 4) is 0 Å². The van der Waals surface area contributed by atoms with E-state index in [1.54, 1.807) is 11.3 Å². The summed E-state index contributed by atoms with van der Waals surface area (Å²) in [7, 11) is 0. The highest BCUT2D eigenvalue weighted by atomic mass is 32.1. The fourth-order valence-corrected chi connectivity index (χ4v) is 1.62. The van der Waals surface area contributed by atoms with E-state index in [9.17, 15) is 0 Å². The number of thiophene rings is 1. The number of hydrogen-bond donors (Lipinski definition) is 2. The molecule has 1 aromatic rings. The molecule has 0 aliphatic heterocycles. The summed E-state index contributed by atoms with van der Waals surface area (Å²) in [5.74, 6) is 0.485. The molecule has 12 heavy (non-hydrogen) atoms. The number of anilines is 1. The molecule has 0 aromatic carbocycles. The highest BCUT2D eigenvalue weighted by Gasteiger charge is 1.98. The minimum Gasteiger partial charge on any atom is -0.370 e. The lowest BCUT2D eigenvalue weighted by Gasteiger charge is -2.02. The Morgan fingerprint density at radius 2 is 2.42 bits per heavy atom. The number of guanidine groups is 1. The van der Waals surface area contributed by atoms with Crippen LogP contribution in [0.5, 0.6) is 0 Å². The second-order valence-electron chi connectivity index (χ2n) is 2.45. The first kappa shape index (κ1) is 9.06. The van der Waals surface area contributed by atoms with Crippen LogP contribution in [-0.2, 0) is 0 Å². The van der Waals surface area contributed by atoms with Crippen LogP contribution in [0.25, 0.3) is 0 Å². The van der Waals surface area contributed by atoms with Crippen molar-refractivity contribution in [1.82, 2.24) is 0 Å². The van der Waals surface area contributed by atoms with Gasteiger partial charge in [0.1, 0.15) is 0 Å². The first-order valence-corrected chi connectivity index (χ1v) is 4.78. The van der Waals surface area contributed by atoms with Crippen molar-refractivity contribution in [3.63, 3.8) is 0 Å². The molecule has 3 N–H and O–H groups in total. The van der Waals surface area contributed by atoms with Gasteiger partial charge in [0, 0.05) is 11.9 Å². The van der Waals surface area contributed by atoms with Gasteiger partial charge in [0.05, 0.1) is 5.69 Å². The second kappa shape index (κ2) is 4.11. The van der Waals surface area contributed by atoms with Crippen LogP contribution in [0.1, 0.15) is 12.5 Å². The highest BCUT2D eigenvalue weighted by molar-refractivity contribution is 7.08. The molecule has 0 fully saturated rings. The average Bonchev–Trinajstić information content (AvgIpc) is 2.37. The Kier molecular flexibility index (Phi) is 3.10. The number of aryl methyl sites for hydroxylation is 1. The Bertz CT molecular complexity index is 278. The summed E-state index contributed by atoms with van der Waals surface area (Å²) in [6, 6.07) is 0. The fourth-order valence-electron chi connectivity index (χ4n) is 0.836. The van der Waals surface area contributed by atoms with E-state index in [2.05, 4.69) is 15.7 Å². The van der Waals surface area contributed by atoms with Crippen LogP contribution in [0.2, 0.25) is 0 Å². The zero-order valence-corrected chi connectivity index (χ0v) is 8.11. The summed E-state index contributed by atoms with van der Waals surface area (Å²) in [6.07, 6.45) is 0. The fraction of sp³-hybridized carbons (Fsp3) is 0.375. The maximum absolute atomic E-state index is 5.59. The molecule has 0 saturated carbocycles. The highest BCUT2D eigenvalue weighted by Crippen LogP contribution is 2.18. The van der Waals surface area contributed by atoms with Crippen LogP contribution in [-0.4, -0.2) is 12.5 Å². The third-order valence-electron chi connectivity index (χ3n) is 1.45. The molecule has 0 bridgehead atoms. The zero-order chi connectivity index (χ0) is 8.97. The molecule has 0 spiro atoms. The Hall–Kier alpha value is -1.03. The largest absolute Gasteiger partial charge is 0.370 e. The van der Waals surface area contributed by atoms with Crippen molar-refractivity contribution >= 4 is 23.0 Å². The van der Waals surface area contributed by atoms with E-state index in [4.69, 9.17) is 5.73 Å². The van der Waals surface area contributed by atoms with Crippen molar-refractivity contribution in [1.29, 1.82) is 0 Å². The number of hydrogen-bond acceptors (Lipinski definition) is 2. The maximum atomic E-state index is 5.59. The number of aliphatic imine (C=N–C) groups is 1. The van der Waals surface area contributed by atoms with Gasteiger partial charge in [-0.1, -0.05) is 0 Å². The van der Waals surface area contributed by atoms with E-state index < -0.39 is 0 Å². The lowest BCUT2D eigenvalue weighted by atomic mass is 10.3. The van der Waals surface area contributed by atoms with Crippen molar-refractivity contribution in [3.05, 3.63) is 16.3 Å². The normalized spacial score (nSPS) is 11.7. The first-order chi connectivity index (χ1) is 5.74. The van der Waals surface area contributed by atoms with Crippen LogP contribution in [0.3, 0.4) is 0 Å². The van der Waals surface area contributed by atoms with E-state index in [1.807, 2.05) is 19.2 Å². The van der Waals surface area contributed by atoms with E-state index >= 15 is 0 Å². The molecular formula is C8H13N3S. The van der Waals surface area contributed by atoms with Gasteiger partial charge in [-0.3, -0.25) is 4.99 Å². The van der Waals surface area contributed by atoms with Gasteiger partial charge in [-0.05, 0) is 24.8 Å². The molecular weight excluding hydrogens is 170 g/mol. The van der Waals surface area contributed by atoms with E-state index in [1.165, 1.54) is 5.56 Å². The molecule has 1 aromatic heterocycles. The molecule has 1 rings (SSSR count). The lowest BCUT2D eigenvalue weighted by Crippen LogP contribution is -2.22. The summed E-state index contributed by atoms with van der Waals surface area (Å²) >= 11 is 1.65. The van der Waals surface area contributed by atoms with Gasteiger partial charge in [0.2, 0.25) is 0 Å². The van der Waals surface area contributed by atoms with Gasteiger partial charge >= 0.3 is 0 Å². The van der Waals surface area contributed by atoms with Gasteiger partial charge in [-0.15, -0.1) is 11.3 Å². The summed E-state index contributed by atoms with van der Waals surface area (Å²) in [5, 5.41) is 7.12. The minimum atomic E-state index is 0.485. The van der Waals surface area contributed by atoms with Gasteiger partial charge in [0.15, 0.2) is 5.96 Å². The molecule has 0 atom stereocenters. The summed E-state index contributed by atoms with van der Waals surface area (Å²) in [4.78, 5) is 4.03. The molecule has 0 saturated heterocycles. The Morgan fingerprint density at radius 3 is 2.92 bits per heavy atom. The molecule has 0 amide bonds. The van der Waals surface area contributed by atoms with Crippen LogP contribution < -0.4 is 11.1 Å². The molecule has 4 heteroatoms. The molecule has 3 nitrogen and oxygen atoms in total. The smallest absolute Gasteiger partial charge is 0.193 e. The van der Waals surface area contributed by atoms with Crippen molar-refractivity contribution < 1.29 is 0 Å². The predicted molar refractivity (Wildman–Crippen MR) is 54.8 cm³/mol. The van der Waals surface area contributed by atoms with Crippen molar-refractivity contribution in [2.45, 2.75) is 13.8 Å². The maximum Gasteiger partial charge on any atom is 0.193 e. The zero-order valence-electron chi connectivity index (χ0n) is 7.29. The molecule has 0 aliphatic carbocycles. The average molecular weight is 183 g/mol. The molecule has 0 aliphatic rings. The van der Waals surface area contributed by atoms with Gasteiger partial charge in [0.25, 0.3) is 0 Å². The molecule has 66 valence electrons. The Balaban J connectivity index is 2.64. The first-order valence-electron chi connectivity index (χ1n) is 3.83. The van der Waals surface area contributed by atoms with E-state index in [-0.39, 0.29) is 0 Å². The topological polar surface area (TPSA) is 50.4 Å². The number of nitrogens with zero attached hydrogens (tertiary/aromatic N) is 1. The third-order valence-corrected chi connectivity index (χ3v) is 2.31. The standard InChI is InChI=1S/C8H13N3S/c1-3-10-8(9)11-7-5-12-4-6(7)2/h4-5H,3H2,1-2H3,(H3,9,10,11). The lowest BCUT2D eigenvalue weighted by molar-refractivity contribution is 1.12. The van der Waals surface area contributed by atoms with Crippen LogP contribution in [0, 0.1) is 6.92 Å². The SMILES string of the molecule is CCN=C(N)Nc1cscc1C. The minimum absolute atomic E-state index is 0.485. The number of nitrogens with two attached hydrogens (primary N) is 1. The van der Waals surface area contributed by atoms with Gasteiger partial charge < -0.3 is 11.1 Å². The van der Waals surface area contributed by atoms with Crippen LogP contribution >= 0.6 is 11.3 Å². The predicted octanol–water partition coefficient (Wildman–Crippen LogP) is 1.80. The van der Waals surface area contributed by atoms with Gasteiger partial charge in [-0.2, -0.15) is 0 Å². The molecule has 1 heterocycles. The van der Waals surface area contributed by atoms with Gasteiger partial charge in [-0.25, -0.2) is 0 Å². The summed E-state index contributed by atoms with van der Waals surface area (Å²) in [5.41, 5.74) is 7.84. The number of rotatable bonds is 2.